The molecule has 1 atom stereocenters. The van der Waals surface area contributed by atoms with Crippen molar-refractivity contribution >= 4 is 11.6 Å². The lowest BCUT2D eigenvalue weighted by molar-refractivity contribution is 0.673. The van der Waals surface area contributed by atoms with Crippen LogP contribution in [0.3, 0.4) is 0 Å². The van der Waals surface area contributed by atoms with Gasteiger partial charge >= 0.3 is 0 Å². The Labute approximate surface area is 99.8 Å². The van der Waals surface area contributed by atoms with E-state index in [1.54, 1.807) is 10.9 Å². The highest BCUT2D eigenvalue weighted by molar-refractivity contribution is 6.31. The average molecular weight is 236 g/mol. The maximum atomic E-state index is 6.18. The standard InChI is InChI=1S/C12H14ClN3/c1-8-7-9(3-4-10(8)13)12(14)11-5-6-15-16(11)2/h3-7,12H,14H2,1-2H3. The first-order chi connectivity index (χ1) is 7.59. The van der Waals surface area contributed by atoms with Crippen LogP contribution >= 0.6 is 11.6 Å². The minimum absolute atomic E-state index is 0.163. The van der Waals surface area contributed by atoms with Crippen molar-refractivity contribution in [2.75, 3.05) is 0 Å². The quantitative estimate of drug-likeness (QED) is 0.869. The first kappa shape index (κ1) is 11.2. The molecule has 0 saturated heterocycles. The molecule has 1 heterocycles. The van der Waals surface area contributed by atoms with Crippen LogP contribution in [0.25, 0.3) is 0 Å². The summed E-state index contributed by atoms with van der Waals surface area (Å²) < 4.78 is 1.79. The maximum Gasteiger partial charge on any atom is 0.0723 e. The number of rotatable bonds is 2. The van der Waals surface area contributed by atoms with E-state index in [2.05, 4.69) is 5.10 Å². The van der Waals surface area contributed by atoms with Gasteiger partial charge in [-0.2, -0.15) is 5.10 Å². The van der Waals surface area contributed by atoms with E-state index in [1.165, 1.54) is 0 Å². The van der Waals surface area contributed by atoms with Gasteiger partial charge in [-0.25, -0.2) is 0 Å². The van der Waals surface area contributed by atoms with Gasteiger partial charge in [0.1, 0.15) is 0 Å². The third kappa shape index (κ3) is 1.96. The van der Waals surface area contributed by atoms with Crippen LogP contribution in [-0.2, 0) is 7.05 Å². The number of nitrogens with zero attached hydrogens (tertiary/aromatic N) is 2. The van der Waals surface area contributed by atoms with Crippen LogP contribution in [0.5, 0.6) is 0 Å². The molecule has 1 unspecified atom stereocenters. The summed E-state index contributed by atoms with van der Waals surface area (Å²) in [6, 6.07) is 7.60. The molecule has 2 N–H and O–H groups in total. The molecule has 2 rings (SSSR count). The molecule has 0 aliphatic carbocycles. The highest BCUT2D eigenvalue weighted by Gasteiger charge is 2.12. The van der Waals surface area contributed by atoms with Crippen LogP contribution < -0.4 is 5.73 Å². The summed E-state index contributed by atoms with van der Waals surface area (Å²) in [7, 11) is 1.89. The average Bonchev–Trinajstić information content (AvgIpc) is 2.67. The molecular weight excluding hydrogens is 222 g/mol. The van der Waals surface area contributed by atoms with Crippen molar-refractivity contribution in [2.45, 2.75) is 13.0 Å². The van der Waals surface area contributed by atoms with Gasteiger partial charge < -0.3 is 5.73 Å². The van der Waals surface area contributed by atoms with E-state index < -0.39 is 0 Å². The zero-order valence-electron chi connectivity index (χ0n) is 9.31. The van der Waals surface area contributed by atoms with Gasteiger partial charge in [-0.1, -0.05) is 23.7 Å². The topological polar surface area (TPSA) is 43.8 Å². The minimum atomic E-state index is -0.163. The van der Waals surface area contributed by atoms with Gasteiger partial charge in [-0.3, -0.25) is 4.68 Å². The van der Waals surface area contributed by atoms with Crippen molar-refractivity contribution in [3.63, 3.8) is 0 Å². The molecule has 0 amide bonds. The predicted molar refractivity (Wildman–Crippen MR) is 65.4 cm³/mol. The summed E-state index contributed by atoms with van der Waals surface area (Å²) in [5, 5.41) is 4.88. The Morgan fingerprint density at radius 1 is 1.38 bits per heavy atom. The van der Waals surface area contributed by atoms with Crippen molar-refractivity contribution in [1.29, 1.82) is 0 Å². The van der Waals surface area contributed by atoms with Gasteiger partial charge in [0.05, 0.1) is 11.7 Å². The predicted octanol–water partition coefficient (Wildman–Crippen LogP) is 2.43. The summed E-state index contributed by atoms with van der Waals surface area (Å²) in [5.74, 6) is 0. The molecule has 0 radical (unpaired) electrons. The van der Waals surface area contributed by atoms with Crippen LogP contribution in [0.2, 0.25) is 5.02 Å². The van der Waals surface area contributed by atoms with Crippen LogP contribution in [-0.4, -0.2) is 9.78 Å². The first-order valence-corrected chi connectivity index (χ1v) is 5.47. The van der Waals surface area contributed by atoms with Crippen molar-refractivity contribution in [2.24, 2.45) is 12.8 Å². The lowest BCUT2D eigenvalue weighted by atomic mass is 10.0. The number of nitrogens with two attached hydrogens (primary N) is 1. The normalized spacial score (nSPS) is 12.8. The molecule has 1 aromatic heterocycles. The number of halogens is 1. The van der Waals surface area contributed by atoms with E-state index in [1.807, 2.05) is 38.2 Å². The molecular formula is C12H14ClN3. The Morgan fingerprint density at radius 2 is 2.12 bits per heavy atom. The second kappa shape index (κ2) is 4.28. The fraction of sp³-hybridized carbons (Fsp3) is 0.250. The molecule has 0 aliphatic rings. The van der Waals surface area contributed by atoms with Gasteiger partial charge in [0.2, 0.25) is 0 Å². The summed E-state index contributed by atoms with van der Waals surface area (Å²) in [6.45, 7) is 1.97. The lowest BCUT2D eigenvalue weighted by Gasteiger charge is -2.13. The van der Waals surface area contributed by atoms with Crippen molar-refractivity contribution in [3.8, 4) is 0 Å². The van der Waals surface area contributed by atoms with Gasteiger partial charge in [0.25, 0.3) is 0 Å². The molecule has 0 fully saturated rings. The SMILES string of the molecule is Cc1cc(C(N)c2ccnn2C)ccc1Cl. The zero-order chi connectivity index (χ0) is 11.7. The van der Waals surface area contributed by atoms with Crippen molar-refractivity contribution in [3.05, 3.63) is 52.3 Å². The van der Waals surface area contributed by atoms with E-state index in [0.717, 1.165) is 21.8 Å². The highest BCUT2D eigenvalue weighted by atomic mass is 35.5. The molecule has 0 aliphatic heterocycles. The smallest absolute Gasteiger partial charge is 0.0723 e. The van der Waals surface area contributed by atoms with Crippen LogP contribution in [0.4, 0.5) is 0 Å². The number of hydrogen-bond acceptors (Lipinski definition) is 2. The number of aryl methyl sites for hydroxylation is 2. The summed E-state index contributed by atoms with van der Waals surface area (Å²) in [4.78, 5) is 0. The monoisotopic (exact) mass is 235 g/mol. The van der Waals surface area contributed by atoms with E-state index in [9.17, 15) is 0 Å². The minimum Gasteiger partial charge on any atom is -0.319 e. The van der Waals surface area contributed by atoms with Gasteiger partial charge in [0, 0.05) is 18.3 Å². The van der Waals surface area contributed by atoms with Crippen molar-refractivity contribution in [1.82, 2.24) is 9.78 Å². The molecule has 16 heavy (non-hydrogen) atoms. The second-order valence-corrected chi connectivity index (χ2v) is 4.27. The number of benzene rings is 1. The summed E-state index contributed by atoms with van der Waals surface area (Å²) in [6.07, 6.45) is 1.75. The van der Waals surface area contributed by atoms with E-state index in [-0.39, 0.29) is 6.04 Å². The Balaban J connectivity index is 2.38. The largest absolute Gasteiger partial charge is 0.319 e. The fourth-order valence-electron chi connectivity index (χ4n) is 1.72. The third-order valence-electron chi connectivity index (χ3n) is 2.72. The zero-order valence-corrected chi connectivity index (χ0v) is 10.1. The first-order valence-electron chi connectivity index (χ1n) is 5.09. The fourth-order valence-corrected chi connectivity index (χ4v) is 1.84. The molecule has 0 spiro atoms. The van der Waals surface area contributed by atoms with Crippen LogP contribution in [0.1, 0.15) is 22.9 Å². The molecule has 2 aromatic rings. The molecule has 0 saturated carbocycles. The molecule has 1 aromatic carbocycles. The Hall–Kier alpha value is -1.32. The van der Waals surface area contributed by atoms with Crippen LogP contribution in [0, 0.1) is 6.92 Å². The second-order valence-electron chi connectivity index (χ2n) is 3.87. The lowest BCUT2D eigenvalue weighted by Crippen LogP contribution is -2.16. The Kier molecular flexibility index (Phi) is 2.99. The van der Waals surface area contributed by atoms with Gasteiger partial charge in [-0.15, -0.1) is 0 Å². The Morgan fingerprint density at radius 3 is 2.69 bits per heavy atom. The van der Waals surface area contributed by atoms with Crippen molar-refractivity contribution < 1.29 is 0 Å². The maximum absolute atomic E-state index is 6.18. The summed E-state index contributed by atoms with van der Waals surface area (Å²) >= 11 is 5.98. The van der Waals surface area contributed by atoms with Crippen LogP contribution in [0.15, 0.2) is 30.5 Å². The van der Waals surface area contributed by atoms with E-state index in [0.29, 0.717) is 0 Å². The molecule has 84 valence electrons. The van der Waals surface area contributed by atoms with Gasteiger partial charge in [-0.05, 0) is 30.2 Å². The van der Waals surface area contributed by atoms with E-state index >= 15 is 0 Å². The third-order valence-corrected chi connectivity index (χ3v) is 3.14. The highest BCUT2D eigenvalue weighted by Crippen LogP contribution is 2.23. The molecule has 0 bridgehead atoms. The van der Waals surface area contributed by atoms with E-state index in [4.69, 9.17) is 17.3 Å². The number of hydrogen-bond donors (Lipinski definition) is 1. The molecule has 4 heteroatoms. The summed E-state index contributed by atoms with van der Waals surface area (Å²) in [5.41, 5.74) is 9.25. The molecule has 3 nitrogen and oxygen atoms in total. The Bertz CT molecular complexity index is 505. The number of aromatic nitrogens is 2. The van der Waals surface area contributed by atoms with Gasteiger partial charge in [0.15, 0.2) is 0 Å².